The minimum Gasteiger partial charge on any atom is -0.497 e. The molecule has 2 aromatic rings. The number of hydrogen-bond donors (Lipinski definition) is 0. The Morgan fingerprint density at radius 3 is 2.43 bits per heavy atom. The fourth-order valence-corrected chi connectivity index (χ4v) is 3.31. The normalized spacial score (nSPS) is 15.6. The molecule has 0 unspecified atom stereocenters. The Morgan fingerprint density at radius 2 is 1.73 bits per heavy atom. The summed E-state index contributed by atoms with van der Waals surface area (Å²) in [6, 6.07) is 11.8. The number of carbonyl (C=O) groups excluding carboxylic acids is 3. The smallest absolute Gasteiger partial charge is 0.311 e. The molecule has 158 valence electrons. The van der Waals surface area contributed by atoms with Crippen molar-refractivity contribution in [2.45, 2.75) is 6.42 Å². The molecule has 1 atom stereocenters. The van der Waals surface area contributed by atoms with Gasteiger partial charge in [-0.25, -0.2) is 0 Å². The minimum atomic E-state index is -0.672. The zero-order valence-corrected chi connectivity index (χ0v) is 17.0. The topological polar surface area (TPSA) is 91.4 Å². The van der Waals surface area contributed by atoms with Crippen LogP contribution in [0.4, 0.5) is 5.69 Å². The van der Waals surface area contributed by atoms with Crippen molar-refractivity contribution < 1.29 is 33.3 Å². The van der Waals surface area contributed by atoms with E-state index < -0.39 is 18.5 Å². The Labute approximate surface area is 174 Å². The molecule has 8 nitrogen and oxygen atoms in total. The van der Waals surface area contributed by atoms with Crippen LogP contribution in [0, 0.1) is 5.92 Å². The molecular weight excluding hydrogens is 390 g/mol. The summed E-state index contributed by atoms with van der Waals surface area (Å²) in [4.78, 5) is 38.8. The van der Waals surface area contributed by atoms with Crippen LogP contribution in [0.5, 0.6) is 17.2 Å². The van der Waals surface area contributed by atoms with E-state index in [4.69, 9.17) is 18.9 Å². The number of benzene rings is 2. The predicted octanol–water partition coefficient (Wildman–Crippen LogP) is 2.49. The molecule has 8 heteroatoms. The SMILES string of the molecule is COc1ccc(N2C[C@@H](C(=O)OCC(=O)c3ccccc3OC)CC2=O)c(OC)c1. The lowest BCUT2D eigenvalue weighted by Gasteiger charge is -2.20. The Kier molecular flexibility index (Phi) is 6.56. The molecule has 1 amide bonds. The monoisotopic (exact) mass is 413 g/mol. The number of nitrogens with zero attached hydrogens (tertiary/aromatic N) is 1. The van der Waals surface area contributed by atoms with Gasteiger partial charge in [-0.2, -0.15) is 0 Å². The molecule has 1 heterocycles. The van der Waals surface area contributed by atoms with E-state index in [0.717, 1.165) is 0 Å². The highest BCUT2D eigenvalue weighted by Crippen LogP contribution is 2.36. The fraction of sp³-hybridized carbons (Fsp3) is 0.318. The van der Waals surface area contributed by atoms with Crippen LogP contribution in [-0.2, 0) is 14.3 Å². The van der Waals surface area contributed by atoms with Crippen molar-refractivity contribution in [3.05, 3.63) is 48.0 Å². The quantitative estimate of drug-likeness (QED) is 0.485. The molecule has 1 aliphatic rings. The lowest BCUT2D eigenvalue weighted by molar-refractivity contribution is -0.147. The van der Waals surface area contributed by atoms with Crippen LogP contribution in [0.3, 0.4) is 0 Å². The Hall–Kier alpha value is -3.55. The van der Waals surface area contributed by atoms with Crippen molar-refractivity contribution in [2.24, 2.45) is 5.92 Å². The summed E-state index contributed by atoms with van der Waals surface area (Å²) in [6.07, 6.45) is -0.00311. The molecule has 0 radical (unpaired) electrons. The zero-order valence-electron chi connectivity index (χ0n) is 17.0. The molecule has 1 saturated heterocycles. The van der Waals surface area contributed by atoms with Gasteiger partial charge < -0.3 is 23.8 Å². The molecule has 0 aliphatic carbocycles. The minimum absolute atomic E-state index is 0.00311. The highest BCUT2D eigenvalue weighted by molar-refractivity contribution is 6.02. The van der Waals surface area contributed by atoms with E-state index in [0.29, 0.717) is 28.5 Å². The number of rotatable bonds is 8. The van der Waals surface area contributed by atoms with Crippen LogP contribution >= 0.6 is 0 Å². The second-order valence-corrected chi connectivity index (χ2v) is 6.67. The van der Waals surface area contributed by atoms with E-state index in [9.17, 15) is 14.4 Å². The summed E-state index contributed by atoms with van der Waals surface area (Å²) in [6.45, 7) is -0.279. The second-order valence-electron chi connectivity index (χ2n) is 6.67. The molecule has 30 heavy (non-hydrogen) atoms. The van der Waals surface area contributed by atoms with Crippen molar-refractivity contribution in [3.63, 3.8) is 0 Å². The lowest BCUT2D eigenvalue weighted by atomic mass is 10.1. The summed E-state index contributed by atoms with van der Waals surface area (Å²) in [5.74, 6) is -0.407. The van der Waals surface area contributed by atoms with Gasteiger partial charge in [0.2, 0.25) is 11.7 Å². The molecule has 3 rings (SSSR count). The fourth-order valence-electron chi connectivity index (χ4n) is 3.31. The van der Waals surface area contributed by atoms with Crippen LogP contribution in [0.15, 0.2) is 42.5 Å². The van der Waals surface area contributed by atoms with Gasteiger partial charge in [-0.1, -0.05) is 12.1 Å². The van der Waals surface area contributed by atoms with Crippen LogP contribution in [-0.4, -0.2) is 52.1 Å². The Bertz CT molecular complexity index is 956. The van der Waals surface area contributed by atoms with Gasteiger partial charge in [-0.3, -0.25) is 14.4 Å². The van der Waals surface area contributed by atoms with E-state index >= 15 is 0 Å². The number of anilines is 1. The van der Waals surface area contributed by atoms with Crippen LogP contribution in [0.2, 0.25) is 0 Å². The summed E-state index contributed by atoms with van der Waals surface area (Å²) in [5, 5.41) is 0. The van der Waals surface area contributed by atoms with Gasteiger partial charge in [0.05, 0.1) is 38.5 Å². The number of methoxy groups -OCH3 is 3. The molecule has 0 bridgehead atoms. The van der Waals surface area contributed by atoms with Gasteiger partial charge >= 0.3 is 5.97 Å². The van der Waals surface area contributed by atoms with E-state index in [1.54, 1.807) is 42.5 Å². The number of hydrogen-bond acceptors (Lipinski definition) is 7. The average molecular weight is 413 g/mol. The van der Waals surface area contributed by atoms with Crippen molar-refractivity contribution in [1.82, 2.24) is 0 Å². The number of amides is 1. The van der Waals surface area contributed by atoms with Crippen LogP contribution in [0.25, 0.3) is 0 Å². The highest BCUT2D eigenvalue weighted by Gasteiger charge is 2.37. The first-order chi connectivity index (χ1) is 14.5. The molecule has 1 aliphatic heterocycles. The number of para-hydroxylation sites is 1. The van der Waals surface area contributed by atoms with Crippen LogP contribution < -0.4 is 19.1 Å². The molecule has 0 saturated carbocycles. The maximum atomic E-state index is 12.5. The summed E-state index contributed by atoms with van der Waals surface area (Å²) in [5.41, 5.74) is 0.878. The third kappa shape index (κ3) is 4.37. The number of carbonyl (C=O) groups is 3. The van der Waals surface area contributed by atoms with E-state index in [-0.39, 0.29) is 24.7 Å². The third-order valence-corrected chi connectivity index (χ3v) is 4.89. The molecule has 1 fully saturated rings. The number of esters is 1. The van der Waals surface area contributed by atoms with Crippen molar-refractivity contribution in [3.8, 4) is 17.2 Å². The van der Waals surface area contributed by atoms with E-state index in [1.165, 1.54) is 26.2 Å². The van der Waals surface area contributed by atoms with Gasteiger partial charge in [0.25, 0.3) is 0 Å². The standard InChI is InChI=1S/C22H23NO7/c1-27-15-8-9-17(20(11-15)29-3)23-12-14(10-21(23)25)22(26)30-13-18(24)16-6-4-5-7-19(16)28-2/h4-9,11,14H,10,12-13H2,1-3H3/t14-/m0/s1. The maximum Gasteiger partial charge on any atom is 0.311 e. The van der Waals surface area contributed by atoms with Gasteiger partial charge in [-0.05, 0) is 24.3 Å². The Morgan fingerprint density at radius 1 is 1.00 bits per heavy atom. The first-order valence-corrected chi connectivity index (χ1v) is 9.33. The Balaban J connectivity index is 1.65. The largest absolute Gasteiger partial charge is 0.497 e. The summed E-state index contributed by atoms with van der Waals surface area (Å²) >= 11 is 0. The van der Waals surface area contributed by atoms with Crippen molar-refractivity contribution >= 4 is 23.3 Å². The molecule has 0 spiro atoms. The molecule has 0 aromatic heterocycles. The number of Topliss-reactive ketones (excluding diaryl/α,β-unsaturated/α-hetero) is 1. The van der Waals surface area contributed by atoms with Crippen molar-refractivity contribution in [2.75, 3.05) is 39.4 Å². The van der Waals surface area contributed by atoms with Gasteiger partial charge in [-0.15, -0.1) is 0 Å². The third-order valence-electron chi connectivity index (χ3n) is 4.89. The number of ether oxygens (including phenoxy) is 4. The second kappa shape index (κ2) is 9.30. The summed E-state index contributed by atoms with van der Waals surface area (Å²) < 4.78 is 20.9. The average Bonchev–Trinajstić information content (AvgIpc) is 3.17. The molecular formula is C22H23NO7. The highest BCUT2D eigenvalue weighted by atomic mass is 16.5. The number of ketones is 1. The van der Waals surface area contributed by atoms with E-state index in [2.05, 4.69) is 0 Å². The van der Waals surface area contributed by atoms with Crippen molar-refractivity contribution in [1.29, 1.82) is 0 Å². The maximum absolute atomic E-state index is 12.5. The predicted molar refractivity (Wildman–Crippen MR) is 108 cm³/mol. The van der Waals surface area contributed by atoms with Gasteiger partial charge in [0.15, 0.2) is 6.61 Å². The van der Waals surface area contributed by atoms with E-state index in [1.807, 2.05) is 0 Å². The van der Waals surface area contributed by atoms with Gasteiger partial charge in [0, 0.05) is 19.0 Å². The molecule has 0 N–H and O–H groups in total. The first kappa shape index (κ1) is 21.2. The first-order valence-electron chi connectivity index (χ1n) is 9.33. The lowest BCUT2D eigenvalue weighted by Crippen LogP contribution is -2.27. The zero-order chi connectivity index (χ0) is 21.7. The van der Waals surface area contributed by atoms with Crippen LogP contribution in [0.1, 0.15) is 16.8 Å². The molecule has 2 aromatic carbocycles. The van der Waals surface area contributed by atoms with Gasteiger partial charge in [0.1, 0.15) is 17.2 Å². The summed E-state index contributed by atoms with van der Waals surface area (Å²) in [7, 11) is 4.49.